The zero-order valence-corrected chi connectivity index (χ0v) is 8.86. The molecule has 4 nitrogen and oxygen atoms in total. The van der Waals surface area contributed by atoms with E-state index in [1.165, 1.54) is 4.90 Å². The molecule has 1 saturated heterocycles. The molecule has 2 fully saturated rings. The first-order valence-corrected chi connectivity index (χ1v) is 5.46. The highest BCUT2D eigenvalue weighted by Crippen LogP contribution is 2.29. The summed E-state index contributed by atoms with van der Waals surface area (Å²) in [5.41, 5.74) is 0. The Hall–Kier alpha value is -1.19. The van der Waals surface area contributed by atoms with Crippen LogP contribution < -0.4 is 0 Å². The lowest BCUT2D eigenvalue weighted by molar-refractivity contribution is -0.146. The quantitative estimate of drug-likeness (QED) is 0.473. The number of carbonyl (C=O) groups excluding carboxylic acids is 3. The first-order valence-electron chi connectivity index (χ1n) is 5.46. The van der Waals surface area contributed by atoms with E-state index in [0.717, 1.165) is 6.42 Å². The number of Topliss-reactive ketones (excluding diaryl/α,β-unsaturated/α-hetero) is 1. The fourth-order valence-corrected chi connectivity index (χ4v) is 2.41. The first-order chi connectivity index (χ1) is 7.09. The molecule has 0 bridgehead atoms. The van der Waals surface area contributed by atoms with E-state index in [2.05, 4.69) is 0 Å². The van der Waals surface area contributed by atoms with Crippen LogP contribution in [0.15, 0.2) is 0 Å². The molecule has 0 aromatic carbocycles. The largest absolute Gasteiger partial charge is 0.299 e. The van der Waals surface area contributed by atoms with Crippen LogP contribution in [0.25, 0.3) is 0 Å². The fraction of sp³-hybridized carbons (Fsp3) is 0.727. The van der Waals surface area contributed by atoms with Crippen LogP contribution in [0.1, 0.15) is 32.6 Å². The van der Waals surface area contributed by atoms with Gasteiger partial charge in [0.05, 0.1) is 5.92 Å². The van der Waals surface area contributed by atoms with Gasteiger partial charge in [0.2, 0.25) is 11.8 Å². The van der Waals surface area contributed by atoms with Crippen molar-refractivity contribution in [3.63, 3.8) is 0 Å². The van der Waals surface area contributed by atoms with Gasteiger partial charge < -0.3 is 0 Å². The highest BCUT2D eigenvalue weighted by Gasteiger charge is 2.40. The van der Waals surface area contributed by atoms with Crippen LogP contribution in [0.2, 0.25) is 0 Å². The lowest BCUT2D eigenvalue weighted by atomic mass is 10.0. The normalized spacial score (nSPS) is 31.4. The SMILES string of the molecule is CC1CC(=O)C(C(=O)N2CCCC2=O)C1. The summed E-state index contributed by atoms with van der Waals surface area (Å²) in [7, 11) is 0. The maximum absolute atomic E-state index is 11.9. The Morgan fingerprint density at radius 2 is 2.13 bits per heavy atom. The number of likely N-dealkylation sites (tertiary alicyclic amines) is 1. The van der Waals surface area contributed by atoms with Crippen molar-refractivity contribution in [2.24, 2.45) is 11.8 Å². The maximum Gasteiger partial charge on any atom is 0.239 e. The van der Waals surface area contributed by atoms with E-state index in [4.69, 9.17) is 0 Å². The summed E-state index contributed by atoms with van der Waals surface area (Å²) < 4.78 is 0. The number of hydrogen-bond donors (Lipinski definition) is 0. The molecule has 0 radical (unpaired) electrons. The third-order valence-electron chi connectivity index (χ3n) is 3.21. The Bertz CT molecular complexity index is 324. The summed E-state index contributed by atoms with van der Waals surface area (Å²) in [5.74, 6) is -0.627. The van der Waals surface area contributed by atoms with Crippen molar-refractivity contribution >= 4 is 17.6 Å². The van der Waals surface area contributed by atoms with Gasteiger partial charge in [0.25, 0.3) is 0 Å². The van der Waals surface area contributed by atoms with Gasteiger partial charge in [0.15, 0.2) is 0 Å². The van der Waals surface area contributed by atoms with Crippen LogP contribution >= 0.6 is 0 Å². The fourth-order valence-electron chi connectivity index (χ4n) is 2.41. The third kappa shape index (κ3) is 1.80. The van der Waals surface area contributed by atoms with Gasteiger partial charge in [0.1, 0.15) is 5.78 Å². The Kier molecular flexibility index (Phi) is 2.59. The second-order valence-electron chi connectivity index (χ2n) is 4.55. The van der Waals surface area contributed by atoms with Crippen LogP contribution in [-0.4, -0.2) is 29.0 Å². The van der Waals surface area contributed by atoms with Crippen LogP contribution in [0, 0.1) is 11.8 Å². The average molecular weight is 209 g/mol. The summed E-state index contributed by atoms with van der Waals surface area (Å²) in [6, 6.07) is 0. The van der Waals surface area contributed by atoms with E-state index in [1.54, 1.807) is 0 Å². The van der Waals surface area contributed by atoms with Crippen molar-refractivity contribution in [2.75, 3.05) is 6.54 Å². The smallest absolute Gasteiger partial charge is 0.239 e. The van der Waals surface area contributed by atoms with Crippen molar-refractivity contribution in [1.29, 1.82) is 0 Å². The van der Waals surface area contributed by atoms with Crippen molar-refractivity contribution in [3.05, 3.63) is 0 Å². The molecule has 0 N–H and O–H groups in total. The summed E-state index contributed by atoms with van der Waals surface area (Å²) in [5, 5.41) is 0. The lowest BCUT2D eigenvalue weighted by Gasteiger charge is -2.17. The van der Waals surface area contributed by atoms with Crippen LogP contribution in [-0.2, 0) is 14.4 Å². The molecule has 1 saturated carbocycles. The first kappa shape index (κ1) is 10.3. The number of amides is 2. The zero-order valence-electron chi connectivity index (χ0n) is 8.86. The van der Waals surface area contributed by atoms with Crippen molar-refractivity contribution in [3.8, 4) is 0 Å². The van der Waals surface area contributed by atoms with Crippen molar-refractivity contribution < 1.29 is 14.4 Å². The molecule has 1 aliphatic heterocycles. The molecule has 1 heterocycles. The molecule has 0 aromatic rings. The lowest BCUT2D eigenvalue weighted by Crippen LogP contribution is -2.38. The van der Waals surface area contributed by atoms with Gasteiger partial charge in [-0.25, -0.2) is 0 Å². The molecule has 82 valence electrons. The molecule has 15 heavy (non-hydrogen) atoms. The standard InChI is InChI=1S/C11H15NO3/c1-7-5-8(9(13)6-7)11(15)12-4-2-3-10(12)14/h7-8H,2-6H2,1H3. The summed E-state index contributed by atoms with van der Waals surface area (Å²) >= 11 is 0. The Morgan fingerprint density at radius 3 is 2.60 bits per heavy atom. The second-order valence-corrected chi connectivity index (χ2v) is 4.55. The molecule has 0 aromatic heterocycles. The number of ketones is 1. The van der Waals surface area contributed by atoms with Crippen LogP contribution in [0.3, 0.4) is 0 Å². The van der Waals surface area contributed by atoms with Crippen LogP contribution in [0.5, 0.6) is 0 Å². The predicted molar refractivity (Wildman–Crippen MR) is 52.8 cm³/mol. The number of hydrogen-bond acceptors (Lipinski definition) is 3. The van der Waals surface area contributed by atoms with Gasteiger partial charge in [-0.1, -0.05) is 6.92 Å². The summed E-state index contributed by atoms with van der Waals surface area (Å²) in [6.45, 7) is 2.47. The monoisotopic (exact) mass is 209 g/mol. The summed E-state index contributed by atoms with van der Waals surface area (Å²) in [4.78, 5) is 36.0. The molecular formula is C11H15NO3. The Morgan fingerprint density at radius 1 is 1.40 bits per heavy atom. The van der Waals surface area contributed by atoms with E-state index in [9.17, 15) is 14.4 Å². The molecule has 2 aliphatic rings. The highest BCUT2D eigenvalue weighted by atomic mass is 16.2. The van der Waals surface area contributed by atoms with Crippen molar-refractivity contribution in [2.45, 2.75) is 32.6 Å². The molecule has 2 amide bonds. The zero-order chi connectivity index (χ0) is 11.0. The maximum atomic E-state index is 11.9. The molecule has 0 spiro atoms. The van der Waals surface area contributed by atoms with E-state index in [-0.39, 0.29) is 23.5 Å². The minimum absolute atomic E-state index is 0.00667. The van der Waals surface area contributed by atoms with E-state index >= 15 is 0 Å². The highest BCUT2D eigenvalue weighted by molar-refractivity contribution is 6.08. The van der Waals surface area contributed by atoms with Gasteiger partial charge in [-0.15, -0.1) is 0 Å². The number of rotatable bonds is 1. The second kappa shape index (κ2) is 3.76. The van der Waals surface area contributed by atoms with E-state index < -0.39 is 5.92 Å². The molecular weight excluding hydrogens is 194 g/mol. The number of imide groups is 1. The van der Waals surface area contributed by atoms with E-state index in [0.29, 0.717) is 25.8 Å². The molecule has 1 aliphatic carbocycles. The third-order valence-corrected chi connectivity index (χ3v) is 3.21. The Labute approximate surface area is 88.6 Å². The number of nitrogens with zero attached hydrogens (tertiary/aromatic N) is 1. The molecule has 2 rings (SSSR count). The number of carbonyl (C=O) groups is 3. The van der Waals surface area contributed by atoms with Gasteiger partial charge >= 0.3 is 0 Å². The molecule has 2 unspecified atom stereocenters. The van der Waals surface area contributed by atoms with E-state index in [1.807, 2.05) is 6.92 Å². The van der Waals surface area contributed by atoms with Gasteiger partial charge in [-0.3, -0.25) is 19.3 Å². The minimum Gasteiger partial charge on any atom is -0.299 e. The van der Waals surface area contributed by atoms with Crippen LogP contribution in [0.4, 0.5) is 0 Å². The summed E-state index contributed by atoms with van der Waals surface area (Å²) in [6.07, 6.45) is 2.28. The average Bonchev–Trinajstić information content (AvgIpc) is 2.71. The molecule has 2 atom stereocenters. The Balaban J connectivity index is 2.08. The predicted octanol–water partition coefficient (Wildman–Crippen LogP) is 0.751. The molecule has 4 heteroatoms. The topological polar surface area (TPSA) is 54.5 Å². The van der Waals surface area contributed by atoms with Crippen molar-refractivity contribution in [1.82, 2.24) is 4.90 Å². The minimum atomic E-state index is -0.540. The van der Waals surface area contributed by atoms with Gasteiger partial charge in [-0.2, -0.15) is 0 Å². The van der Waals surface area contributed by atoms with Gasteiger partial charge in [0, 0.05) is 19.4 Å². The van der Waals surface area contributed by atoms with Gasteiger partial charge in [-0.05, 0) is 18.8 Å².